The summed E-state index contributed by atoms with van der Waals surface area (Å²) >= 11 is 0. The van der Waals surface area contributed by atoms with Crippen LogP contribution in [-0.4, -0.2) is 53.6 Å². The smallest absolute Gasteiger partial charge is 0.336 e. The van der Waals surface area contributed by atoms with Gasteiger partial charge in [-0.3, -0.25) is 9.80 Å². The van der Waals surface area contributed by atoms with E-state index in [1.54, 1.807) is 12.1 Å². The number of benzene rings is 1. The molecule has 0 aliphatic carbocycles. The molecule has 4 heteroatoms. The molecule has 1 fully saturated rings. The van der Waals surface area contributed by atoms with Crippen LogP contribution in [0.3, 0.4) is 0 Å². The number of piperazine rings is 1. The van der Waals surface area contributed by atoms with E-state index in [9.17, 15) is 4.79 Å². The van der Waals surface area contributed by atoms with Crippen molar-refractivity contribution in [3.63, 3.8) is 0 Å². The van der Waals surface area contributed by atoms with E-state index in [2.05, 4.69) is 16.4 Å². The Balaban J connectivity index is 1.96. The van der Waals surface area contributed by atoms with E-state index in [1.807, 2.05) is 18.2 Å². The first-order valence-electron chi connectivity index (χ1n) is 6.57. The first kappa shape index (κ1) is 13.8. The Labute approximate surface area is 113 Å². The topological polar surface area (TPSA) is 43.8 Å². The summed E-state index contributed by atoms with van der Waals surface area (Å²) in [6, 6.07) is 7.25. The predicted molar refractivity (Wildman–Crippen MR) is 75.3 cm³/mol. The zero-order chi connectivity index (χ0) is 13.7. The Bertz CT molecular complexity index is 451. The van der Waals surface area contributed by atoms with Gasteiger partial charge in [-0.15, -0.1) is 6.58 Å². The second-order valence-electron chi connectivity index (χ2n) is 4.83. The standard InChI is InChI=1S/C15H20N2O2/c1-2-7-16-8-10-17(11-9-16)12-13-5-3-4-6-14(13)15(18)19/h2-6H,1,7-12H2,(H,18,19). The van der Waals surface area contributed by atoms with Crippen LogP contribution in [-0.2, 0) is 6.54 Å². The molecule has 4 nitrogen and oxygen atoms in total. The van der Waals surface area contributed by atoms with Crippen LogP contribution in [0, 0.1) is 0 Å². The lowest BCUT2D eigenvalue weighted by atomic mass is 10.1. The second-order valence-corrected chi connectivity index (χ2v) is 4.83. The second kappa shape index (κ2) is 6.50. The van der Waals surface area contributed by atoms with Crippen molar-refractivity contribution in [1.29, 1.82) is 0 Å². The first-order valence-corrected chi connectivity index (χ1v) is 6.57. The zero-order valence-electron chi connectivity index (χ0n) is 11.1. The third kappa shape index (κ3) is 3.66. The molecule has 1 aromatic carbocycles. The van der Waals surface area contributed by atoms with Gasteiger partial charge in [0.1, 0.15) is 0 Å². The summed E-state index contributed by atoms with van der Waals surface area (Å²) in [7, 11) is 0. The van der Waals surface area contributed by atoms with Crippen molar-refractivity contribution in [2.24, 2.45) is 0 Å². The van der Waals surface area contributed by atoms with Gasteiger partial charge in [0.25, 0.3) is 0 Å². The van der Waals surface area contributed by atoms with Crippen molar-refractivity contribution in [2.75, 3.05) is 32.7 Å². The molecule has 0 atom stereocenters. The summed E-state index contributed by atoms with van der Waals surface area (Å²) in [6.45, 7) is 9.37. The van der Waals surface area contributed by atoms with Gasteiger partial charge < -0.3 is 5.11 Å². The van der Waals surface area contributed by atoms with Gasteiger partial charge in [0, 0.05) is 39.3 Å². The van der Waals surface area contributed by atoms with Crippen LogP contribution in [0.25, 0.3) is 0 Å². The lowest BCUT2D eigenvalue weighted by Crippen LogP contribution is -2.45. The van der Waals surface area contributed by atoms with Crippen LogP contribution in [0.15, 0.2) is 36.9 Å². The number of nitrogens with zero attached hydrogens (tertiary/aromatic N) is 2. The summed E-state index contributed by atoms with van der Waals surface area (Å²) in [4.78, 5) is 15.8. The summed E-state index contributed by atoms with van der Waals surface area (Å²) in [5, 5.41) is 9.17. The van der Waals surface area contributed by atoms with Crippen LogP contribution in [0.4, 0.5) is 0 Å². The Morgan fingerprint density at radius 3 is 2.47 bits per heavy atom. The maximum absolute atomic E-state index is 11.2. The number of hydrogen-bond donors (Lipinski definition) is 1. The number of rotatable bonds is 5. The Morgan fingerprint density at radius 2 is 1.84 bits per heavy atom. The van der Waals surface area contributed by atoms with E-state index in [1.165, 1.54) is 0 Å². The van der Waals surface area contributed by atoms with Crippen molar-refractivity contribution in [1.82, 2.24) is 9.80 Å². The number of carboxylic acids is 1. The molecule has 0 aromatic heterocycles. The average molecular weight is 260 g/mol. The van der Waals surface area contributed by atoms with Crippen molar-refractivity contribution in [3.8, 4) is 0 Å². The summed E-state index contributed by atoms with van der Waals surface area (Å²) < 4.78 is 0. The van der Waals surface area contributed by atoms with Crippen LogP contribution in [0.2, 0.25) is 0 Å². The average Bonchev–Trinajstić information content (AvgIpc) is 2.42. The fourth-order valence-corrected chi connectivity index (χ4v) is 2.42. The quantitative estimate of drug-likeness (QED) is 0.818. The fraction of sp³-hybridized carbons (Fsp3) is 0.400. The third-order valence-corrected chi connectivity index (χ3v) is 3.49. The molecule has 1 heterocycles. The highest BCUT2D eigenvalue weighted by Crippen LogP contribution is 2.13. The lowest BCUT2D eigenvalue weighted by molar-refractivity contribution is 0.0693. The van der Waals surface area contributed by atoms with Crippen LogP contribution in [0.1, 0.15) is 15.9 Å². The summed E-state index contributed by atoms with van der Waals surface area (Å²) in [5.41, 5.74) is 1.31. The Kier molecular flexibility index (Phi) is 4.71. The zero-order valence-corrected chi connectivity index (χ0v) is 11.1. The van der Waals surface area contributed by atoms with Gasteiger partial charge in [-0.2, -0.15) is 0 Å². The van der Waals surface area contributed by atoms with E-state index in [0.717, 1.165) is 38.3 Å². The number of carbonyl (C=O) groups is 1. The molecule has 19 heavy (non-hydrogen) atoms. The highest BCUT2D eigenvalue weighted by Gasteiger charge is 2.18. The van der Waals surface area contributed by atoms with E-state index in [0.29, 0.717) is 12.1 Å². The fourth-order valence-electron chi connectivity index (χ4n) is 2.42. The molecule has 1 saturated heterocycles. The Hall–Kier alpha value is -1.65. The van der Waals surface area contributed by atoms with E-state index in [4.69, 9.17) is 5.11 Å². The van der Waals surface area contributed by atoms with Crippen LogP contribution >= 0.6 is 0 Å². The molecule has 1 N–H and O–H groups in total. The molecule has 0 radical (unpaired) electrons. The molecular formula is C15H20N2O2. The van der Waals surface area contributed by atoms with Crippen molar-refractivity contribution in [3.05, 3.63) is 48.0 Å². The molecule has 2 rings (SSSR count). The minimum atomic E-state index is -0.846. The minimum Gasteiger partial charge on any atom is -0.478 e. The van der Waals surface area contributed by atoms with E-state index < -0.39 is 5.97 Å². The van der Waals surface area contributed by atoms with Crippen molar-refractivity contribution < 1.29 is 9.90 Å². The lowest BCUT2D eigenvalue weighted by Gasteiger charge is -2.34. The minimum absolute atomic E-state index is 0.413. The van der Waals surface area contributed by atoms with Gasteiger partial charge in [0.15, 0.2) is 0 Å². The monoisotopic (exact) mass is 260 g/mol. The van der Waals surface area contributed by atoms with Crippen molar-refractivity contribution >= 4 is 5.97 Å². The van der Waals surface area contributed by atoms with Crippen LogP contribution < -0.4 is 0 Å². The van der Waals surface area contributed by atoms with Gasteiger partial charge >= 0.3 is 5.97 Å². The number of aromatic carboxylic acids is 1. The normalized spacial score (nSPS) is 17.3. The highest BCUT2D eigenvalue weighted by molar-refractivity contribution is 5.89. The van der Waals surface area contributed by atoms with Gasteiger partial charge in [0.05, 0.1) is 5.56 Å². The van der Waals surface area contributed by atoms with Gasteiger partial charge in [-0.25, -0.2) is 4.79 Å². The van der Waals surface area contributed by atoms with Gasteiger partial charge in [0.2, 0.25) is 0 Å². The summed E-state index contributed by atoms with van der Waals surface area (Å²) in [6.07, 6.45) is 1.93. The highest BCUT2D eigenvalue weighted by atomic mass is 16.4. The molecule has 102 valence electrons. The SMILES string of the molecule is C=CCN1CCN(Cc2ccccc2C(=O)O)CC1. The molecule has 0 bridgehead atoms. The van der Waals surface area contributed by atoms with E-state index >= 15 is 0 Å². The Morgan fingerprint density at radius 1 is 1.21 bits per heavy atom. The summed E-state index contributed by atoms with van der Waals surface area (Å²) in [5.74, 6) is -0.846. The van der Waals surface area contributed by atoms with E-state index in [-0.39, 0.29) is 0 Å². The number of hydrogen-bond acceptors (Lipinski definition) is 3. The first-order chi connectivity index (χ1) is 9.20. The van der Waals surface area contributed by atoms with Crippen molar-refractivity contribution in [2.45, 2.75) is 6.54 Å². The molecule has 1 aromatic rings. The maximum Gasteiger partial charge on any atom is 0.336 e. The molecule has 0 unspecified atom stereocenters. The molecule has 1 aliphatic rings. The van der Waals surface area contributed by atoms with Gasteiger partial charge in [-0.05, 0) is 11.6 Å². The molecule has 0 saturated carbocycles. The van der Waals surface area contributed by atoms with Crippen LogP contribution in [0.5, 0.6) is 0 Å². The maximum atomic E-state index is 11.2. The van der Waals surface area contributed by atoms with Gasteiger partial charge in [-0.1, -0.05) is 24.3 Å². The number of carboxylic acid groups (broad SMARTS) is 1. The molecular weight excluding hydrogens is 240 g/mol. The molecule has 0 spiro atoms. The molecule has 1 aliphatic heterocycles. The largest absolute Gasteiger partial charge is 0.478 e. The predicted octanol–water partition coefficient (Wildman–Crippen LogP) is 1.69. The third-order valence-electron chi connectivity index (χ3n) is 3.49. The molecule has 0 amide bonds.